The molecule has 6 N–H and O–H groups in total. The number of aliphatic hydroxyl groups is 2. The maximum Gasteiger partial charge on any atom is 0.163 e. The molecule has 40 valence electrons. The van der Waals surface area contributed by atoms with Crippen LogP contribution in [-0.2, 0) is 0 Å². The highest BCUT2D eigenvalue weighted by molar-refractivity contribution is 4.28. The Balaban J connectivity index is 0. The van der Waals surface area contributed by atoms with Crippen molar-refractivity contribution in [1.29, 1.82) is 0 Å². The molecule has 0 heterocycles. The summed E-state index contributed by atoms with van der Waals surface area (Å²) in [5, 5.41) is 15.6. The van der Waals surface area contributed by atoms with Crippen LogP contribution in [0, 0.1) is 0 Å². The topological polar surface area (TPSA) is 98.0 Å². The first-order valence-corrected chi connectivity index (χ1v) is 1.33. The second kappa shape index (κ2) is 4.84. The lowest BCUT2D eigenvalue weighted by atomic mass is 10.7. The minimum atomic E-state index is -1.34. The molecule has 0 aromatic heterocycles. The smallest absolute Gasteiger partial charge is 0.163 e. The number of nitrogens with two attached hydrogens (primary N) is 1. The summed E-state index contributed by atoms with van der Waals surface area (Å²) in [5.74, 6) is 0. The van der Waals surface area contributed by atoms with E-state index in [-0.39, 0.29) is 12.0 Å². The first-order valence-electron chi connectivity index (χ1n) is 1.33. The molecule has 4 heteroatoms. The van der Waals surface area contributed by atoms with E-state index >= 15 is 0 Å². The van der Waals surface area contributed by atoms with Gasteiger partial charge in [-0.1, -0.05) is 0 Å². The molecule has 0 saturated heterocycles. The highest BCUT2D eigenvalue weighted by Gasteiger charge is 1.83. The fraction of sp³-hybridized carbons (Fsp3) is 1.00. The molecule has 0 aliphatic rings. The highest BCUT2D eigenvalue weighted by atomic mass is 16.5. The summed E-state index contributed by atoms with van der Waals surface area (Å²) in [7, 11) is 0. The summed E-state index contributed by atoms with van der Waals surface area (Å²) >= 11 is 0. The molecule has 0 rings (SSSR count). The third-order valence-electron chi connectivity index (χ3n) is 0.211. The number of rotatable bonds is 1. The monoisotopic (exact) mass is 95.1 g/mol. The van der Waals surface area contributed by atoms with Crippen LogP contribution in [0.3, 0.4) is 0 Å². The Morgan fingerprint density at radius 2 is 1.67 bits per heavy atom. The van der Waals surface area contributed by atoms with E-state index < -0.39 is 6.29 Å². The van der Waals surface area contributed by atoms with Crippen molar-refractivity contribution in [3.8, 4) is 0 Å². The molecule has 0 bridgehead atoms. The summed E-state index contributed by atoms with van der Waals surface area (Å²) in [6, 6.07) is 0. The van der Waals surface area contributed by atoms with Crippen molar-refractivity contribution in [2.75, 3.05) is 6.54 Å². The van der Waals surface area contributed by atoms with E-state index in [0.29, 0.717) is 0 Å². The lowest BCUT2D eigenvalue weighted by molar-refractivity contribution is -0.0309. The van der Waals surface area contributed by atoms with E-state index in [2.05, 4.69) is 5.73 Å². The lowest BCUT2D eigenvalue weighted by Crippen LogP contribution is -2.17. The van der Waals surface area contributed by atoms with Gasteiger partial charge in [0.25, 0.3) is 0 Å². The summed E-state index contributed by atoms with van der Waals surface area (Å²) in [4.78, 5) is 0. The van der Waals surface area contributed by atoms with Crippen LogP contribution in [0.1, 0.15) is 0 Å². The Bertz CT molecular complexity index is 22.8. The Morgan fingerprint density at radius 1 is 1.50 bits per heavy atom. The van der Waals surface area contributed by atoms with E-state index in [9.17, 15) is 0 Å². The van der Waals surface area contributed by atoms with Crippen LogP contribution in [0.15, 0.2) is 0 Å². The summed E-state index contributed by atoms with van der Waals surface area (Å²) in [6.07, 6.45) is -1.34. The molecule has 0 saturated carbocycles. The molecule has 0 unspecified atom stereocenters. The van der Waals surface area contributed by atoms with Crippen molar-refractivity contribution in [1.82, 2.24) is 0 Å². The average Bonchev–Trinajstić information content (AvgIpc) is 1.38. The zero-order valence-electron chi connectivity index (χ0n) is 3.26. The highest BCUT2D eigenvalue weighted by Crippen LogP contribution is 1.58. The molecule has 0 aliphatic carbocycles. The Kier molecular flexibility index (Phi) is 7.48. The van der Waals surface area contributed by atoms with Crippen molar-refractivity contribution in [3.63, 3.8) is 0 Å². The fourth-order valence-corrected chi connectivity index (χ4v) is 0. The normalized spacial score (nSPS) is 8.00. The Labute approximate surface area is 35.5 Å². The molecule has 0 amide bonds. The minimum absolute atomic E-state index is 0. The quantitative estimate of drug-likeness (QED) is 0.312. The van der Waals surface area contributed by atoms with Gasteiger partial charge in [0.15, 0.2) is 6.29 Å². The molecule has 0 fully saturated rings. The van der Waals surface area contributed by atoms with Crippen molar-refractivity contribution in [3.05, 3.63) is 0 Å². The molecule has 0 atom stereocenters. The second-order valence-electron chi connectivity index (χ2n) is 0.716. The molecule has 0 aromatic carbocycles. The van der Waals surface area contributed by atoms with E-state index in [4.69, 9.17) is 10.2 Å². The maximum absolute atomic E-state index is 7.79. The predicted octanol–water partition coefficient (Wildman–Crippen LogP) is -2.57. The summed E-state index contributed by atoms with van der Waals surface area (Å²) in [6.45, 7) is -0.0833. The van der Waals surface area contributed by atoms with E-state index in [1.54, 1.807) is 0 Å². The first-order chi connectivity index (χ1) is 2.27. The van der Waals surface area contributed by atoms with Gasteiger partial charge in [-0.15, -0.1) is 0 Å². The number of hydrogen-bond acceptors (Lipinski definition) is 3. The summed E-state index contributed by atoms with van der Waals surface area (Å²) < 4.78 is 0. The van der Waals surface area contributed by atoms with Gasteiger partial charge in [0.1, 0.15) is 0 Å². The van der Waals surface area contributed by atoms with Crippen molar-refractivity contribution >= 4 is 0 Å². The molecule has 0 aromatic rings. The third kappa shape index (κ3) is 9.15. The number of aliphatic hydroxyl groups excluding tert-OH is 1. The molecular formula is C2H9NO3. The Morgan fingerprint density at radius 3 is 1.67 bits per heavy atom. The molecule has 4 nitrogen and oxygen atoms in total. The van der Waals surface area contributed by atoms with Crippen LogP contribution >= 0.6 is 0 Å². The van der Waals surface area contributed by atoms with E-state index in [0.717, 1.165) is 0 Å². The van der Waals surface area contributed by atoms with Crippen molar-refractivity contribution in [2.24, 2.45) is 5.73 Å². The molecule has 6 heavy (non-hydrogen) atoms. The second-order valence-corrected chi connectivity index (χ2v) is 0.716. The largest absolute Gasteiger partial charge is 0.412 e. The van der Waals surface area contributed by atoms with Gasteiger partial charge in [0, 0.05) is 6.54 Å². The Hall–Kier alpha value is -0.160. The van der Waals surface area contributed by atoms with Crippen LogP contribution in [0.4, 0.5) is 0 Å². The van der Waals surface area contributed by atoms with Gasteiger partial charge in [0.05, 0.1) is 0 Å². The third-order valence-corrected chi connectivity index (χ3v) is 0.211. The maximum atomic E-state index is 7.79. The van der Waals surface area contributed by atoms with Crippen LogP contribution in [-0.4, -0.2) is 28.5 Å². The van der Waals surface area contributed by atoms with Crippen LogP contribution in [0.5, 0.6) is 0 Å². The molecule has 0 spiro atoms. The average molecular weight is 95.1 g/mol. The van der Waals surface area contributed by atoms with E-state index in [1.165, 1.54) is 0 Å². The van der Waals surface area contributed by atoms with Gasteiger partial charge >= 0.3 is 0 Å². The van der Waals surface area contributed by atoms with Crippen LogP contribution < -0.4 is 5.73 Å². The van der Waals surface area contributed by atoms with Gasteiger partial charge in [-0.2, -0.15) is 0 Å². The first kappa shape index (κ1) is 9.28. The standard InChI is InChI=1S/C2H7NO2.H2O/c3-1-2(4)5;/h2,4-5H,1,3H2;1H2. The van der Waals surface area contributed by atoms with Gasteiger partial charge in [-0.05, 0) is 0 Å². The van der Waals surface area contributed by atoms with Gasteiger partial charge < -0.3 is 21.4 Å². The summed E-state index contributed by atoms with van der Waals surface area (Å²) in [5.41, 5.74) is 4.67. The van der Waals surface area contributed by atoms with Crippen LogP contribution in [0.2, 0.25) is 0 Å². The van der Waals surface area contributed by atoms with Gasteiger partial charge in [0.2, 0.25) is 0 Å². The van der Waals surface area contributed by atoms with Crippen molar-refractivity contribution in [2.45, 2.75) is 6.29 Å². The minimum Gasteiger partial charge on any atom is -0.412 e. The number of hydrogen-bond donors (Lipinski definition) is 3. The van der Waals surface area contributed by atoms with E-state index in [1.807, 2.05) is 0 Å². The fourth-order valence-electron chi connectivity index (χ4n) is 0. The van der Waals surface area contributed by atoms with Crippen LogP contribution in [0.25, 0.3) is 0 Å². The van der Waals surface area contributed by atoms with Gasteiger partial charge in [-0.3, -0.25) is 0 Å². The lowest BCUT2D eigenvalue weighted by Gasteiger charge is -1.90. The SMILES string of the molecule is NCC(O)O.O. The molecule has 0 aliphatic heterocycles. The predicted molar refractivity (Wildman–Crippen MR) is 20.9 cm³/mol. The zero-order valence-corrected chi connectivity index (χ0v) is 3.26. The molecular weight excluding hydrogens is 86.0 g/mol. The zero-order chi connectivity index (χ0) is 4.28. The van der Waals surface area contributed by atoms with Crippen molar-refractivity contribution < 1.29 is 15.7 Å². The molecule has 0 radical (unpaired) electrons. The van der Waals surface area contributed by atoms with Gasteiger partial charge in [-0.25, -0.2) is 0 Å².